The van der Waals surface area contributed by atoms with E-state index in [2.05, 4.69) is 29.6 Å². The molecule has 30 heavy (non-hydrogen) atoms. The van der Waals surface area contributed by atoms with Gasteiger partial charge in [0.15, 0.2) is 9.84 Å². The number of carbonyl (C=O) groups excluding carboxylic acids is 2. The van der Waals surface area contributed by atoms with Crippen molar-refractivity contribution in [2.75, 3.05) is 28.7 Å². The molecule has 0 bridgehead atoms. The van der Waals surface area contributed by atoms with Gasteiger partial charge in [0.1, 0.15) is 11.6 Å². The Balaban J connectivity index is 1.59. The monoisotopic (exact) mass is 434 g/mol. The number of hydrogen-bond acceptors (Lipinski definition) is 6. The van der Waals surface area contributed by atoms with Gasteiger partial charge in [-0.2, -0.15) is 5.10 Å². The van der Waals surface area contributed by atoms with Crippen LogP contribution in [0.25, 0.3) is 0 Å². The first-order valence-corrected chi connectivity index (χ1v) is 11.6. The van der Waals surface area contributed by atoms with E-state index < -0.39 is 21.7 Å². The molecular weight excluding hydrogens is 408 g/mol. The van der Waals surface area contributed by atoms with Crippen LogP contribution in [-0.4, -0.2) is 48.1 Å². The molecule has 2 aromatic rings. The number of amides is 2. The van der Waals surface area contributed by atoms with Gasteiger partial charge in [-0.3, -0.25) is 9.59 Å². The van der Waals surface area contributed by atoms with E-state index in [0.29, 0.717) is 30.4 Å². The number of nitrogens with zero attached hydrogens (tertiary/aromatic N) is 2. The summed E-state index contributed by atoms with van der Waals surface area (Å²) in [5.74, 6) is -0.259. The summed E-state index contributed by atoms with van der Waals surface area (Å²) in [6, 6.07) is 7.99. The average molecular weight is 435 g/mol. The van der Waals surface area contributed by atoms with Crippen LogP contribution < -0.4 is 15.4 Å². The second-order valence-corrected chi connectivity index (χ2v) is 9.91. The third kappa shape index (κ3) is 5.82. The minimum Gasteiger partial charge on any atom is -0.494 e. The third-order valence-electron chi connectivity index (χ3n) is 4.73. The van der Waals surface area contributed by atoms with Gasteiger partial charge in [0, 0.05) is 17.8 Å². The molecule has 0 unspecified atom stereocenters. The van der Waals surface area contributed by atoms with Gasteiger partial charge in [-0.15, -0.1) is 0 Å². The molecular formula is C20H26N4O5S. The van der Waals surface area contributed by atoms with Gasteiger partial charge in [-0.05, 0) is 30.9 Å². The molecule has 1 aliphatic heterocycles. The molecule has 0 aliphatic carbocycles. The third-order valence-corrected chi connectivity index (χ3v) is 6.48. The molecule has 1 aromatic carbocycles. The Morgan fingerprint density at radius 1 is 1.23 bits per heavy atom. The van der Waals surface area contributed by atoms with Crippen molar-refractivity contribution in [2.45, 2.75) is 32.7 Å². The number of anilines is 2. The topological polar surface area (TPSA) is 119 Å². The summed E-state index contributed by atoms with van der Waals surface area (Å²) < 4.78 is 30.5. The summed E-state index contributed by atoms with van der Waals surface area (Å²) in [6.45, 7) is 4.78. The fourth-order valence-electron chi connectivity index (χ4n) is 3.11. The number of sulfone groups is 1. The second-order valence-electron chi connectivity index (χ2n) is 7.68. The van der Waals surface area contributed by atoms with Crippen LogP contribution in [0.2, 0.25) is 0 Å². The fourth-order valence-corrected chi connectivity index (χ4v) is 4.80. The van der Waals surface area contributed by atoms with Gasteiger partial charge in [0.2, 0.25) is 0 Å². The van der Waals surface area contributed by atoms with E-state index in [1.54, 1.807) is 24.3 Å². The van der Waals surface area contributed by atoms with E-state index in [4.69, 9.17) is 4.74 Å². The van der Waals surface area contributed by atoms with Crippen LogP contribution in [-0.2, 0) is 19.4 Å². The van der Waals surface area contributed by atoms with Crippen LogP contribution in [0.4, 0.5) is 11.5 Å². The number of rotatable bonds is 7. The highest BCUT2D eigenvalue weighted by atomic mass is 32.2. The quantitative estimate of drug-likeness (QED) is 0.645. The largest absolute Gasteiger partial charge is 0.494 e. The molecule has 1 aromatic heterocycles. The summed E-state index contributed by atoms with van der Waals surface area (Å²) in [6.07, 6.45) is 2.79. The number of benzene rings is 1. The molecule has 0 spiro atoms. The maximum Gasteiger partial charge on any atom is 0.315 e. The first kappa shape index (κ1) is 21.8. The molecule has 0 saturated carbocycles. The van der Waals surface area contributed by atoms with Gasteiger partial charge in [-0.1, -0.05) is 19.9 Å². The standard InChI is InChI=1S/C20H26N4O5S/c1-14(2)7-10-29-17-5-3-4-15(12-17)22-19(25)20(26)23-18-6-9-21-24(18)16-8-11-30(27,28)13-16/h3-6,9,12,14,16H,7-8,10-11,13H2,1-2H3,(H,22,25)(H,23,26)/t16-/m1/s1. The van der Waals surface area contributed by atoms with Crippen molar-refractivity contribution in [2.24, 2.45) is 5.92 Å². The van der Waals surface area contributed by atoms with E-state index in [1.165, 1.54) is 16.9 Å². The smallest absolute Gasteiger partial charge is 0.315 e. The summed E-state index contributed by atoms with van der Waals surface area (Å²) in [4.78, 5) is 24.6. The maximum absolute atomic E-state index is 12.3. The number of ether oxygens (including phenoxy) is 1. The molecule has 2 N–H and O–H groups in total. The Hall–Kier alpha value is -2.88. The van der Waals surface area contributed by atoms with Gasteiger partial charge >= 0.3 is 11.8 Å². The van der Waals surface area contributed by atoms with E-state index in [9.17, 15) is 18.0 Å². The fraction of sp³-hybridized carbons (Fsp3) is 0.450. The molecule has 3 rings (SSSR count). The van der Waals surface area contributed by atoms with Crippen molar-refractivity contribution >= 4 is 33.2 Å². The molecule has 1 fully saturated rings. The normalized spacial score (nSPS) is 17.6. The zero-order valence-electron chi connectivity index (χ0n) is 17.0. The summed E-state index contributed by atoms with van der Waals surface area (Å²) in [5.41, 5.74) is 0.438. The van der Waals surface area contributed by atoms with Crippen molar-refractivity contribution in [3.63, 3.8) is 0 Å². The molecule has 2 amide bonds. The van der Waals surface area contributed by atoms with E-state index in [1.807, 2.05) is 0 Å². The van der Waals surface area contributed by atoms with Crippen molar-refractivity contribution < 1.29 is 22.7 Å². The van der Waals surface area contributed by atoms with Crippen LogP contribution in [0, 0.1) is 5.92 Å². The Bertz CT molecular complexity index is 1020. The number of hydrogen-bond donors (Lipinski definition) is 2. The first-order valence-electron chi connectivity index (χ1n) is 9.82. The van der Waals surface area contributed by atoms with Gasteiger partial charge in [-0.25, -0.2) is 13.1 Å². The van der Waals surface area contributed by atoms with Crippen LogP contribution in [0.5, 0.6) is 5.75 Å². The first-order chi connectivity index (χ1) is 14.2. The second kappa shape index (κ2) is 9.29. The summed E-state index contributed by atoms with van der Waals surface area (Å²) >= 11 is 0. The minimum atomic E-state index is -3.10. The van der Waals surface area contributed by atoms with E-state index in [-0.39, 0.29) is 23.4 Å². The Morgan fingerprint density at radius 2 is 2.00 bits per heavy atom. The highest BCUT2D eigenvalue weighted by molar-refractivity contribution is 7.91. The molecule has 1 aliphatic rings. The average Bonchev–Trinajstić information content (AvgIpc) is 3.27. The molecule has 1 saturated heterocycles. The zero-order valence-corrected chi connectivity index (χ0v) is 17.8. The molecule has 162 valence electrons. The van der Waals surface area contributed by atoms with Gasteiger partial charge in [0.05, 0.1) is 30.4 Å². The number of carbonyl (C=O) groups is 2. The van der Waals surface area contributed by atoms with E-state index in [0.717, 1.165) is 6.42 Å². The van der Waals surface area contributed by atoms with Crippen molar-refractivity contribution in [1.29, 1.82) is 0 Å². The lowest BCUT2D eigenvalue weighted by molar-refractivity contribution is -0.133. The number of aromatic nitrogens is 2. The van der Waals surface area contributed by atoms with E-state index >= 15 is 0 Å². The molecule has 0 radical (unpaired) electrons. The molecule has 10 heteroatoms. The predicted octanol–water partition coefficient (Wildman–Crippen LogP) is 2.24. The Kier molecular flexibility index (Phi) is 6.76. The highest BCUT2D eigenvalue weighted by Crippen LogP contribution is 2.26. The minimum absolute atomic E-state index is 0.0344. The zero-order chi connectivity index (χ0) is 21.7. The Morgan fingerprint density at radius 3 is 2.70 bits per heavy atom. The highest BCUT2D eigenvalue weighted by Gasteiger charge is 2.31. The summed E-state index contributed by atoms with van der Waals surface area (Å²) in [7, 11) is -3.10. The lowest BCUT2D eigenvalue weighted by atomic mass is 10.1. The van der Waals surface area contributed by atoms with Crippen LogP contribution in [0.1, 0.15) is 32.7 Å². The molecule has 1 atom stereocenters. The van der Waals surface area contributed by atoms with Crippen LogP contribution in [0.3, 0.4) is 0 Å². The van der Waals surface area contributed by atoms with Gasteiger partial charge < -0.3 is 15.4 Å². The molecule has 9 nitrogen and oxygen atoms in total. The number of nitrogens with one attached hydrogen (secondary N) is 2. The maximum atomic E-state index is 12.3. The summed E-state index contributed by atoms with van der Waals surface area (Å²) in [5, 5.41) is 9.14. The van der Waals surface area contributed by atoms with Crippen molar-refractivity contribution in [1.82, 2.24) is 9.78 Å². The lowest BCUT2D eigenvalue weighted by Gasteiger charge is -2.14. The van der Waals surface area contributed by atoms with Crippen LogP contribution >= 0.6 is 0 Å². The SMILES string of the molecule is CC(C)CCOc1cccc(NC(=O)C(=O)Nc2ccnn2[C@@H]2CCS(=O)(=O)C2)c1. The Labute approximate surface area is 175 Å². The predicted molar refractivity (Wildman–Crippen MR) is 113 cm³/mol. The van der Waals surface area contributed by atoms with Crippen LogP contribution in [0.15, 0.2) is 36.5 Å². The van der Waals surface area contributed by atoms with Crippen molar-refractivity contribution in [3.05, 3.63) is 36.5 Å². The molecule has 2 heterocycles. The lowest BCUT2D eigenvalue weighted by Crippen LogP contribution is -2.30. The van der Waals surface area contributed by atoms with Gasteiger partial charge in [0.25, 0.3) is 0 Å². The van der Waals surface area contributed by atoms with Crippen molar-refractivity contribution in [3.8, 4) is 5.75 Å².